The third kappa shape index (κ3) is 3.40. The minimum Gasteiger partial charge on any atom is -0.381 e. The lowest BCUT2D eigenvalue weighted by Crippen LogP contribution is -2.10. The van der Waals surface area contributed by atoms with Gasteiger partial charge in [0.25, 0.3) is 0 Å². The Balaban J connectivity index is 2.91. The van der Waals surface area contributed by atoms with Crippen LogP contribution >= 0.6 is 11.6 Å². The van der Waals surface area contributed by atoms with Gasteiger partial charge in [-0.3, -0.25) is 4.79 Å². The zero-order valence-electron chi connectivity index (χ0n) is 9.12. The maximum absolute atomic E-state index is 11.8. The highest BCUT2D eigenvalue weighted by Gasteiger charge is 2.04. The molecule has 2 nitrogen and oxygen atoms in total. The summed E-state index contributed by atoms with van der Waals surface area (Å²) in [5, 5.41) is 0.580. The summed E-state index contributed by atoms with van der Waals surface area (Å²) < 4.78 is 0. The molecule has 0 saturated heterocycles. The molecule has 0 aromatic heterocycles. The van der Waals surface area contributed by atoms with Gasteiger partial charge in [-0.2, -0.15) is 0 Å². The maximum Gasteiger partial charge on any atom is 0.187 e. The fraction of sp³-hybridized carbons (Fsp3) is 0.250. The summed E-state index contributed by atoms with van der Waals surface area (Å²) in [6.07, 6.45) is 1.60. The van der Waals surface area contributed by atoms with Crippen LogP contribution in [0.5, 0.6) is 0 Å². The SMILES string of the molecule is C/C(=C\C(=O)c1cccc(Cl)c1)N(C)C. The summed E-state index contributed by atoms with van der Waals surface area (Å²) in [7, 11) is 3.80. The summed E-state index contributed by atoms with van der Waals surface area (Å²) in [5.41, 5.74) is 1.53. The molecule has 0 aliphatic rings. The van der Waals surface area contributed by atoms with E-state index in [1.54, 1.807) is 30.3 Å². The van der Waals surface area contributed by atoms with Crippen LogP contribution in [-0.4, -0.2) is 24.8 Å². The molecule has 1 rings (SSSR count). The fourth-order valence-corrected chi connectivity index (χ4v) is 1.23. The summed E-state index contributed by atoms with van der Waals surface area (Å²) in [6, 6.07) is 6.95. The largest absolute Gasteiger partial charge is 0.381 e. The number of benzene rings is 1. The van der Waals surface area contributed by atoms with Crippen LogP contribution in [0.25, 0.3) is 0 Å². The van der Waals surface area contributed by atoms with E-state index in [1.807, 2.05) is 25.9 Å². The van der Waals surface area contributed by atoms with E-state index in [2.05, 4.69) is 0 Å². The Hall–Kier alpha value is -1.28. The molecule has 0 fully saturated rings. The Morgan fingerprint density at radius 2 is 2.07 bits per heavy atom. The average molecular weight is 224 g/mol. The number of hydrogen-bond acceptors (Lipinski definition) is 2. The summed E-state index contributed by atoms with van der Waals surface area (Å²) in [5.74, 6) is -0.0244. The van der Waals surface area contributed by atoms with E-state index < -0.39 is 0 Å². The van der Waals surface area contributed by atoms with E-state index in [-0.39, 0.29) is 5.78 Å². The summed E-state index contributed by atoms with van der Waals surface area (Å²) in [6.45, 7) is 1.89. The molecule has 0 heterocycles. The van der Waals surface area contributed by atoms with Crippen molar-refractivity contribution in [3.63, 3.8) is 0 Å². The van der Waals surface area contributed by atoms with Gasteiger partial charge in [0, 0.05) is 36.5 Å². The van der Waals surface area contributed by atoms with Crippen molar-refractivity contribution < 1.29 is 4.79 Å². The van der Waals surface area contributed by atoms with Gasteiger partial charge in [-0.25, -0.2) is 0 Å². The van der Waals surface area contributed by atoms with E-state index in [9.17, 15) is 4.79 Å². The van der Waals surface area contributed by atoms with Crippen molar-refractivity contribution in [1.29, 1.82) is 0 Å². The third-order valence-electron chi connectivity index (χ3n) is 2.15. The van der Waals surface area contributed by atoms with Crippen LogP contribution in [0.15, 0.2) is 36.0 Å². The Morgan fingerprint density at radius 1 is 1.40 bits per heavy atom. The van der Waals surface area contributed by atoms with Gasteiger partial charge in [-0.15, -0.1) is 0 Å². The van der Waals surface area contributed by atoms with Gasteiger partial charge in [-0.05, 0) is 19.1 Å². The first-order valence-electron chi connectivity index (χ1n) is 4.66. The van der Waals surface area contributed by atoms with Crippen molar-refractivity contribution in [2.45, 2.75) is 6.92 Å². The van der Waals surface area contributed by atoms with Crippen molar-refractivity contribution >= 4 is 17.4 Å². The Kier molecular flexibility index (Phi) is 3.92. The molecule has 0 aliphatic carbocycles. The van der Waals surface area contributed by atoms with E-state index >= 15 is 0 Å². The molecule has 0 atom stereocenters. The van der Waals surface area contributed by atoms with Gasteiger partial charge in [0.2, 0.25) is 0 Å². The first-order chi connectivity index (χ1) is 7.00. The number of ketones is 1. The quantitative estimate of drug-likeness (QED) is 0.580. The van der Waals surface area contributed by atoms with Gasteiger partial charge in [-0.1, -0.05) is 23.7 Å². The van der Waals surface area contributed by atoms with Crippen LogP contribution < -0.4 is 0 Å². The predicted octanol–water partition coefficient (Wildman–Crippen LogP) is 2.99. The second-order valence-corrected chi connectivity index (χ2v) is 3.99. The minimum absolute atomic E-state index is 0.0244. The second kappa shape index (κ2) is 4.99. The highest BCUT2D eigenvalue weighted by molar-refractivity contribution is 6.31. The van der Waals surface area contributed by atoms with Crippen molar-refractivity contribution in [1.82, 2.24) is 4.90 Å². The van der Waals surface area contributed by atoms with Gasteiger partial charge >= 0.3 is 0 Å². The van der Waals surface area contributed by atoms with Gasteiger partial charge in [0.1, 0.15) is 0 Å². The topological polar surface area (TPSA) is 20.3 Å². The molecule has 0 aliphatic heterocycles. The molecule has 0 radical (unpaired) electrons. The van der Waals surface area contributed by atoms with Crippen LogP contribution in [0.4, 0.5) is 0 Å². The highest BCUT2D eigenvalue weighted by Crippen LogP contribution is 2.12. The molecule has 15 heavy (non-hydrogen) atoms. The zero-order valence-corrected chi connectivity index (χ0v) is 9.88. The molecular formula is C12H14ClNO. The Bertz CT molecular complexity index is 396. The number of carbonyl (C=O) groups excluding carboxylic acids is 1. The van der Waals surface area contributed by atoms with Crippen molar-refractivity contribution in [3.05, 3.63) is 46.6 Å². The monoisotopic (exact) mass is 223 g/mol. The van der Waals surface area contributed by atoms with E-state index in [4.69, 9.17) is 11.6 Å². The lowest BCUT2D eigenvalue weighted by molar-refractivity contribution is 0.104. The van der Waals surface area contributed by atoms with E-state index in [0.717, 1.165) is 5.70 Å². The molecule has 1 aromatic carbocycles. The van der Waals surface area contributed by atoms with Gasteiger partial charge in [0.15, 0.2) is 5.78 Å². The van der Waals surface area contributed by atoms with Crippen LogP contribution in [-0.2, 0) is 0 Å². The van der Waals surface area contributed by atoms with Gasteiger partial charge < -0.3 is 4.90 Å². The van der Waals surface area contributed by atoms with Crippen molar-refractivity contribution in [3.8, 4) is 0 Å². The molecule has 3 heteroatoms. The average Bonchev–Trinajstić information content (AvgIpc) is 2.17. The number of carbonyl (C=O) groups is 1. The second-order valence-electron chi connectivity index (χ2n) is 3.55. The number of allylic oxidation sites excluding steroid dienone is 2. The van der Waals surface area contributed by atoms with E-state index in [1.165, 1.54) is 0 Å². The molecule has 0 amide bonds. The van der Waals surface area contributed by atoms with Gasteiger partial charge in [0.05, 0.1) is 0 Å². The molecule has 1 aromatic rings. The maximum atomic E-state index is 11.8. The third-order valence-corrected chi connectivity index (χ3v) is 2.39. The molecule has 0 spiro atoms. The molecule has 0 N–H and O–H groups in total. The number of nitrogens with zero attached hydrogens (tertiary/aromatic N) is 1. The van der Waals surface area contributed by atoms with Crippen molar-refractivity contribution in [2.24, 2.45) is 0 Å². The standard InChI is InChI=1S/C12H14ClNO/c1-9(14(2)3)7-12(15)10-5-4-6-11(13)8-10/h4-8H,1-3H3/b9-7+. The van der Waals surface area contributed by atoms with Crippen LogP contribution in [0.3, 0.4) is 0 Å². The summed E-state index contributed by atoms with van der Waals surface area (Å²) >= 11 is 5.80. The van der Waals surface area contributed by atoms with Crippen LogP contribution in [0.2, 0.25) is 5.02 Å². The molecule has 0 saturated carbocycles. The number of hydrogen-bond donors (Lipinski definition) is 0. The lowest BCUT2D eigenvalue weighted by atomic mass is 10.1. The Morgan fingerprint density at radius 3 is 2.60 bits per heavy atom. The summed E-state index contributed by atoms with van der Waals surface area (Å²) in [4.78, 5) is 13.6. The molecule has 0 unspecified atom stereocenters. The van der Waals surface area contributed by atoms with Crippen LogP contribution in [0.1, 0.15) is 17.3 Å². The molecule has 80 valence electrons. The Labute approximate surface area is 95.2 Å². The predicted molar refractivity (Wildman–Crippen MR) is 63.2 cm³/mol. The van der Waals surface area contributed by atoms with Crippen molar-refractivity contribution in [2.75, 3.05) is 14.1 Å². The molecule has 0 bridgehead atoms. The minimum atomic E-state index is -0.0244. The van der Waals surface area contributed by atoms with Crippen LogP contribution in [0, 0.1) is 0 Å². The molecular weight excluding hydrogens is 210 g/mol. The highest BCUT2D eigenvalue weighted by atomic mass is 35.5. The normalized spacial score (nSPS) is 11.3. The number of rotatable bonds is 3. The fourth-order valence-electron chi connectivity index (χ4n) is 1.04. The first kappa shape index (κ1) is 11.8. The first-order valence-corrected chi connectivity index (χ1v) is 5.04. The van der Waals surface area contributed by atoms with E-state index in [0.29, 0.717) is 10.6 Å². The number of halogens is 1. The zero-order chi connectivity index (χ0) is 11.4. The smallest absolute Gasteiger partial charge is 0.187 e. The lowest BCUT2D eigenvalue weighted by Gasteiger charge is -2.11.